The van der Waals surface area contributed by atoms with Crippen molar-refractivity contribution in [3.05, 3.63) is 90.4 Å². The van der Waals surface area contributed by atoms with Crippen LogP contribution in [-0.4, -0.2) is 54.0 Å². The van der Waals surface area contributed by atoms with Crippen molar-refractivity contribution < 1.29 is 4.79 Å². The van der Waals surface area contributed by atoms with Crippen molar-refractivity contribution in [2.75, 3.05) is 37.6 Å². The molecular formula is C28H27N5OS. The first-order chi connectivity index (χ1) is 17.2. The lowest BCUT2D eigenvalue weighted by molar-refractivity contribution is 0.0939. The molecule has 0 saturated carbocycles. The van der Waals surface area contributed by atoms with Crippen molar-refractivity contribution >= 4 is 22.8 Å². The van der Waals surface area contributed by atoms with Crippen LogP contribution in [0.4, 0.5) is 5.69 Å². The summed E-state index contributed by atoms with van der Waals surface area (Å²) in [6.07, 6.45) is 4.36. The van der Waals surface area contributed by atoms with Crippen LogP contribution in [0, 0.1) is 0 Å². The van der Waals surface area contributed by atoms with E-state index in [-0.39, 0.29) is 5.78 Å². The maximum atomic E-state index is 13.7. The number of piperazine rings is 1. The molecule has 1 atom stereocenters. The molecule has 0 amide bonds. The predicted molar refractivity (Wildman–Crippen MR) is 141 cm³/mol. The number of anilines is 1. The molecule has 6 rings (SSSR count). The van der Waals surface area contributed by atoms with Crippen LogP contribution in [0.25, 0.3) is 21.0 Å². The number of Topliss-reactive ketones (excluding diaryl/α,β-unsaturated/α-hetero) is 1. The third-order valence-corrected chi connectivity index (χ3v) is 7.92. The molecule has 35 heavy (non-hydrogen) atoms. The number of hydrogen-bond donors (Lipinski definition) is 2. The largest absolute Gasteiger partial charge is 0.369 e. The minimum Gasteiger partial charge on any atom is -0.369 e. The average molecular weight is 482 g/mol. The SMILES string of the molecule is O=C(c1cccc(-c2ccc(-c3ccccc3)s2)n1)C1(Cc2cnccc2N2CCNCC2)CN1. The van der Waals surface area contributed by atoms with E-state index in [1.807, 2.05) is 48.8 Å². The summed E-state index contributed by atoms with van der Waals surface area (Å²) >= 11 is 1.69. The average Bonchev–Trinajstić information content (AvgIpc) is 3.53. The standard InChI is InChI=1S/C28H27N5OS/c34-27(28(19-31-28)17-21-18-30-12-11-24(21)33-15-13-29-14-16-33)23-8-4-7-22(32-23)26-10-9-25(35-26)20-5-2-1-3-6-20/h1-12,18,29,31H,13-17,19H2. The summed E-state index contributed by atoms with van der Waals surface area (Å²) in [5, 5.41) is 6.77. The zero-order valence-corrected chi connectivity index (χ0v) is 20.2. The van der Waals surface area contributed by atoms with E-state index in [4.69, 9.17) is 4.98 Å². The Morgan fingerprint density at radius 2 is 1.77 bits per heavy atom. The van der Waals surface area contributed by atoms with Crippen molar-refractivity contribution in [1.29, 1.82) is 0 Å². The zero-order valence-electron chi connectivity index (χ0n) is 19.4. The molecule has 2 aliphatic heterocycles. The molecular weight excluding hydrogens is 454 g/mol. The highest BCUT2D eigenvalue weighted by Gasteiger charge is 2.50. The summed E-state index contributed by atoms with van der Waals surface area (Å²) < 4.78 is 0. The van der Waals surface area contributed by atoms with E-state index in [9.17, 15) is 4.79 Å². The van der Waals surface area contributed by atoms with E-state index < -0.39 is 5.54 Å². The quantitative estimate of drug-likeness (QED) is 0.306. The van der Waals surface area contributed by atoms with Crippen LogP contribution >= 0.6 is 11.3 Å². The number of benzene rings is 1. The summed E-state index contributed by atoms with van der Waals surface area (Å²) in [5.74, 6) is 0.0503. The zero-order chi connectivity index (χ0) is 23.7. The molecule has 6 nitrogen and oxygen atoms in total. The fourth-order valence-electron chi connectivity index (χ4n) is 4.74. The molecule has 0 bridgehead atoms. The summed E-state index contributed by atoms with van der Waals surface area (Å²) in [5.41, 5.74) is 4.21. The molecule has 4 aromatic rings. The first-order valence-corrected chi connectivity index (χ1v) is 12.8. The Hall–Kier alpha value is -3.39. The molecule has 1 aromatic carbocycles. The van der Waals surface area contributed by atoms with E-state index in [0.717, 1.165) is 42.3 Å². The predicted octanol–water partition coefficient (Wildman–Crippen LogP) is 4.05. The van der Waals surface area contributed by atoms with Gasteiger partial charge in [-0.1, -0.05) is 36.4 Å². The van der Waals surface area contributed by atoms with E-state index in [0.29, 0.717) is 18.7 Å². The summed E-state index contributed by atoms with van der Waals surface area (Å²) in [7, 11) is 0. The molecule has 0 radical (unpaired) electrons. The van der Waals surface area contributed by atoms with Crippen LogP contribution in [0.3, 0.4) is 0 Å². The number of nitrogens with zero attached hydrogens (tertiary/aromatic N) is 3. The van der Waals surface area contributed by atoms with Gasteiger partial charge < -0.3 is 15.5 Å². The lowest BCUT2D eigenvalue weighted by Crippen LogP contribution is -2.44. The van der Waals surface area contributed by atoms with Gasteiger partial charge in [-0.05, 0) is 41.5 Å². The molecule has 2 fully saturated rings. The van der Waals surface area contributed by atoms with Gasteiger partial charge in [-0.3, -0.25) is 9.78 Å². The summed E-state index contributed by atoms with van der Waals surface area (Å²) in [4.78, 5) is 27.5. The molecule has 1 unspecified atom stereocenters. The first kappa shape index (κ1) is 22.1. The highest BCUT2D eigenvalue weighted by Crippen LogP contribution is 2.35. The monoisotopic (exact) mass is 481 g/mol. The molecule has 2 aliphatic rings. The van der Waals surface area contributed by atoms with Crippen molar-refractivity contribution in [2.45, 2.75) is 12.0 Å². The molecule has 2 saturated heterocycles. The van der Waals surface area contributed by atoms with Gasteiger partial charge in [-0.15, -0.1) is 11.3 Å². The van der Waals surface area contributed by atoms with Crippen LogP contribution in [0.15, 0.2) is 79.1 Å². The number of pyridine rings is 2. The molecule has 0 aliphatic carbocycles. The summed E-state index contributed by atoms with van der Waals surface area (Å²) in [6, 6.07) is 22.4. The Labute approximate surface area is 209 Å². The van der Waals surface area contributed by atoms with E-state index in [1.54, 1.807) is 11.3 Å². The number of aromatic nitrogens is 2. The number of carbonyl (C=O) groups excluding carboxylic acids is 1. The number of hydrogen-bond acceptors (Lipinski definition) is 7. The second-order valence-corrected chi connectivity index (χ2v) is 10.2. The topological polar surface area (TPSA) is 80.1 Å². The van der Waals surface area contributed by atoms with Crippen LogP contribution < -0.4 is 15.5 Å². The highest BCUT2D eigenvalue weighted by atomic mass is 32.1. The van der Waals surface area contributed by atoms with E-state index in [2.05, 4.69) is 50.8 Å². The third kappa shape index (κ3) is 4.50. The number of thiophene rings is 1. The molecule has 0 spiro atoms. The number of nitrogens with one attached hydrogen (secondary N) is 2. The maximum absolute atomic E-state index is 13.7. The van der Waals surface area contributed by atoms with Gasteiger partial charge in [-0.2, -0.15) is 0 Å². The van der Waals surface area contributed by atoms with Gasteiger partial charge >= 0.3 is 0 Å². The Bertz CT molecular complexity index is 1340. The van der Waals surface area contributed by atoms with Crippen LogP contribution in [0.5, 0.6) is 0 Å². The Morgan fingerprint density at radius 3 is 2.57 bits per heavy atom. The van der Waals surface area contributed by atoms with Crippen molar-refractivity contribution in [3.63, 3.8) is 0 Å². The lowest BCUT2D eigenvalue weighted by Gasteiger charge is -2.31. The smallest absolute Gasteiger partial charge is 0.202 e. The lowest BCUT2D eigenvalue weighted by atomic mass is 9.92. The second-order valence-electron chi connectivity index (χ2n) is 9.12. The van der Waals surface area contributed by atoms with Gasteiger partial charge in [0, 0.05) is 62.1 Å². The first-order valence-electron chi connectivity index (χ1n) is 12.0. The van der Waals surface area contributed by atoms with Gasteiger partial charge in [-0.25, -0.2) is 4.98 Å². The van der Waals surface area contributed by atoms with Gasteiger partial charge in [0.1, 0.15) is 11.2 Å². The summed E-state index contributed by atoms with van der Waals surface area (Å²) in [6.45, 7) is 4.51. The van der Waals surface area contributed by atoms with Gasteiger partial charge in [0.05, 0.1) is 10.6 Å². The minimum absolute atomic E-state index is 0.0503. The molecule has 5 heterocycles. The van der Waals surface area contributed by atoms with Crippen molar-refractivity contribution in [2.24, 2.45) is 0 Å². The van der Waals surface area contributed by atoms with Crippen LogP contribution in [-0.2, 0) is 6.42 Å². The number of carbonyl (C=O) groups is 1. The molecule has 7 heteroatoms. The van der Waals surface area contributed by atoms with Crippen molar-refractivity contribution in [3.8, 4) is 21.0 Å². The van der Waals surface area contributed by atoms with Crippen LogP contribution in [0.1, 0.15) is 16.1 Å². The van der Waals surface area contributed by atoms with Crippen LogP contribution in [0.2, 0.25) is 0 Å². The van der Waals surface area contributed by atoms with Gasteiger partial charge in [0.25, 0.3) is 0 Å². The maximum Gasteiger partial charge on any atom is 0.202 e. The van der Waals surface area contributed by atoms with Gasteiger partial charge in [0.2, 0.25) is 5.78 Å². The van der Waals surface area contributed by atoms with Gasteiger partial charge in [0.15, 0.2) is 0 Å². The third-order valence-electron chi connectivity index (χ3n) is 6.76. The second kappa shape index (κ2) is 9.34. The number of ketones is 1. The molecule has 2 N–H and O–H groups in total. The fourth-order valence-corrected chi connectivity index (χ4v) is 5.73. The Balaban J connectivity index is 1.24. The highest BCUT2D eigenvalue weighted by molar-refractivity contribution is 7.18. The fraction of sp³-hybridized carbons (Fsp3) is 0.250. The normalized spacial score (nSPS) is 19.5. The Kier molecular flexibility index (Phi) is 5.90. The minimum atomic E-state index is -0.609. The Morgan fingerprint density at radius 1 is 0.971 bits per heavy atom. The van der Waals surface area contributed by atoms with E-state index in [1.165, 1.54) is 16.1 Å². The van der Waals surface area contributed by atoms with Crippen molar-refractivity contribution in [1.82, 2.24) is 20.6 Å². The van der Waals surface area contributed by atoms with E-state index >= 15 is 0 Å². The molecule has 3 aromatic heterocycles. The molecule has 176 valence electrons. The number of rotatable bonds is 7.